The van der Waals surface area contributed by atoms with Crippen molar-refractivity contribution >= 4 is 52.3 Å². The third-order valence-corrected chi connectivity index (χ3v) is 14.5. The summed E-state index contributed by atoms with van der Waals surface area (Å²) in [5.41, 5.74) is 3.84. The van der Waals surface area contributed by atoms with Crippen LogP contribution in [0.1, 0.15) is 114 Å². The summed E-state index contributed by atoms with van der Waals surface area (Å²) in [4.78, 5) is 60.9. The van der Waals surface area contributed by atoms with Gasteiger partial charge in [-0.15, -0.1) is 11.3 Å². The number of thiazole rings is 1. The number of rotatable bonds is 19. The van der Waals surface area contributed by atoms with Crippen LogP contribution < -0.4 is 26.0 Å². The largest absolute Gasteiger partial charge is 0.489 e. The third-order valence-electron chi connectivity index (χ3n) is 13.2. The molecule has 1 aliphatic carbocycles. The fourth-order valence-electron chi connectivity index (χ4n) is 9.72. The predicted molar refractivity (Wildman–Crippen MR) is 265 cm³/mol. The number of nitrogens with zero attached hydrogens (tertiary/aromatic N) is 3. The van der Waals surface area contributed by atoms with Crippen LogP contribution in [0.4, 0.5) is 10.1 Å². The average Bonchev–Trinajstić information content (AvgIpc) is 3.92. The van der Waals surface area contributed by atoms with Crippen molar-refractivity contribution in [2.75, 3.05) is 31.6 Å². The quantitative estimate of drug-likeness (QED) is 0.0570. The standard InChI is InChI=1S/C52H65ClFN7O7S/c1-30(32-13-15-33(16-14-32)43-31(2)57-29-69-43)58-46(65)41-24-36(62)27-61(41)47(66)44(50(3,4)5)59-42(63)28-67-22-12-10-11-21-56-40-20-18-34(23-39(40)54)45(64)60-48-51(6,7)49(52(48,8)9)68-37-19-17-35(26-55)38(53)25-37/h13-20,23,25,29-30,36,41,44,48-49,56,62H,10-12,21-22,24,27-28H2,1-9H3,(H,58,65)(H,59,63)(H,60,64)/t30-,36+,41-,44+,48-,49-/m0/s1. The summed E-state index contributed by atoms with van der Waals surface area (Å²) in [6.45, 7) is 17.8. The molecule has 2 aliphatic rings. The molecule has 4 aromatic rings. The number of unbranched alkanes of at least 4 members (excludes halogenated alkanes) is 2. The summed E-state index contributed by atoms with van der Waals surface area (Å²) in [6, 6.07) is 16.7. The lowest BCUT2D eigenvalue weighted by Crippen LogP contribution is -2.74. The average molecular weight is 987 g/mol. The highest BCUT2D eigenvalue weighted by molar-refractivity contribution is 7.13. The molecule has 0 unspecified atom stereocenters. The molecule has 4 amide bonds. The summed E-state index contributed by atoms with van der Waals surface area (Å²) in [5, 5.41) is 32.1. The minimum absolute atomic E-state index is 0.0347. The first-order valence-corrected chi connectivity index (χ1v) is 24.7. The van der Waals surface area contributed by atoms with E-state index in [2.05, 4.69) is 26.3 Å². The third kappa shape index (κ3) is 12.4. The SMILES string of the molecule is Cc1ncsc1-c1ccc([C@H](C)NC(=O)[C@@H]2C[C@@H](O)CN2C(=O)[C@@H](NC(=O)COCCCCCNc2ccc(C(=O)N[C@H]3C(C)(C)[C@H](Oc4ccc(C#N)c(Cl)c4)C3(C)C)cc2F)C(C)(C)C)cc1. The highest BCUT2D eigenvalue weighted by Crippen LogP contribution is 2.55. The maximum absolute atomic E-state index is 15.2. The molecule has 17 heteroatoms. The highest BCUT2D eigenvalue weighted by Gasteiger charge is 2.64. The molecule has 4 atom stereocenters. The van der Waals surface area contributed by atoms with E-state index in [1.807, 2.05) is 98.2 Å². The number of hydrogen-bond donors (Lipinski definition) is 5. The van der Waals surface area contributed by atoms with Crippen LogP contribution in [-0.2, 0) is 19.1 Å². The molecular weight excluding hydrogens is 921 g/mol. The van der Waals surface area contributed by atoms with Crippen molar-refractivity contribution in [3.05, 3.63) is 99.4 Å². The van der Waals surface area contributed by atoms with Gasteiger partial charge in [0.25, 0.3) is 5.91 Å². The Morgan fingerprint density at radius 1 is 1.01 bits per heavy atom. The second kappa shape index (κ2) is 22.0. The molecule has 0 bridgehead atoms. The zero-order valence-electron chi connectivity index (χ0n) is 40.9. The number of amides is 4. The Balaban J connectivity index is 0.901. The van der Waals surface area contributed by atoms with Crippen LogP contribution in [-0.4, -0.2) is 95.3 Å². The van der Waals surface area contributed by atoms with Crippen molar-refractivity contribution < 1.29 is 38.1 Å². The van der Waals surface area contributed by atoms with Gasteiger partial charge in [-0.2, -0.15) is 5.26 Å². The van der Waals surface area contributed by atoms with E-state index in [-0.39, 0.29) is 61.5 Å². The number of anilines is 1. The van der Waals surface area contributed by atoms with Gasteiger partial charge in [0.2, 0.25) is 17.7 Å². The van der Waals surface area contributed by atoms with Crippen molar-refractivity contribution in [3.8, 4) is 22.3 Å². The van der Waals surface area contributed by atoms with Gasteiger partial charge in [-0.25, -0.2) is 9.37 Å². The highest BCUT2D eigenvalue weighted by atomic mass is 35.5. The van der Waals surface area contributed by atoms with Crippen LogP contribution in [0.5, 0.6) is 5.75 Å². The molecule has 370 valence electrons. The fourth-order valence-corrected chi connectivity index (χ4v) is 10.7. The van der Waals surface area contributed by atoms with Crippen molar-refractivity contribution in [2.24, 2.45) is 16.2 Å². The number of nitrogens with one attached hydrogen (secondary N) is 4. The van der Waals surface area contributed by atoms with Gasteiger partial charge in [0.05, 0.1) is 44.5 Å². The van der Waals surface area contributed by atoms with E-state index in [1.165, 1.54) is 11.0 Å². The molecule has 0 spiro atoms. The first kappa shape index (κ1) is 52.8. The molecule has 0 radical (unpaired) electrons. The molecule has 3 aromatic carbocycles. The summed E-state index contributed by atoms with van der Waals surface area (Å²) >= 11 is 7.79. The second-order valence-electron chi connectivity index (χ2n) is 20.4. The number of aryl methyl sites for hydroxylation is 1. The van der Waals surface area contributed by atoms with E-state index in [9.17, 15) is 29.5 Å². The Hall–Kier alpha value is -5.60. The van der Waals surface area contributed by atoms with Crippen LogP contribution in [0, 0.1) is 40.3 Å². The Morgan fingerprint density at radius 2 is 1.72 bits per heavy atom. The Bertz CT molecular complexity index is 2520. The molecule has 2 heterocycles. The van der Waals surface area contributed by atoms with Crippen LogP contribution >= 0.6 is 22.9 Å². The maximum Gasteiger partial charge on any atom is 0.251 e. The Labute approximate surface area is 413 Å². The van der Waals surface area contributed by atoms with Crippen molar-refractivity contribution in [2.45, 2.75) is 124 Å². The van der Waals surface area contributed by atoms with Gasteiger partial charge in [-0.1, -0.05) is 84.3 Å². The smallest absolute Gasteiger partial charge is 0.251 e. The van der Waals surface area contributed by atoms with Crippen molar-refractivity contribution in [1.29, 1.82) is 5.26 Å². The molecule has 5 N–H and O–H groups in total. The van der Waals surface area contributed by atoms with Crippen molar-refractivity contribution in [3.63, 3.8) is 0 Å². The molecule has 1 aliphatic heterocycles. The number of nitriles is 1. The van der Waals surface area contributed by atoms with Crippen LogP contribution in [0.2, 0.25) is 5.02 Å². The second-order valence-corrected chi connectivity index (χ2v) is 21.7. The number of ether oxygens (including phenoxy) is 2. The van der Waals surface area contributed by atoms with E-state index in [0.29, 0.717) is 35.7 Å². The lowest BCUT2D eigenvalue weighted by Gasteiger charge is -2.63. The summed E-state index contributed by atoms with van der Waals surface area (Å²) < 4.78 is 27.2. The van der Waals surface area contributed by atoms with Gasteiger partial charge < -0.3 is 40.7 Å². The van der Waals surface area contributed by atoms with Crippen molar-refractivity contribution in [1.82, 2.24) is 25.8 Å². The van der Waals surface area contributed by atoms with Gasteiger partial charge in [-0.3, -0.25) is 19.2 Å². The van der Waals surface area contributed by atoms with Crippen LogP contribution in [0.3, 0.4) is 0 Å². The van der Waals surface area contributed by atoms with Crippen LogP contribution in [0.15, 0.2) is 66.2 Å². The molecule has 14 nitrogen and oxygen atoms in total. The lowest BCUT2D eigenvalue weighted by atomic mass is 9.49. The minimum atomic E-state index is -0.984. The number of carbonyl (C=O) groups is 4. The predicted octanol–water partition coefficient (Wildman–Crippen LogP) is 8.36. The molecule has 1 saturated heterocycles. The summed E-state index contributed by atoms with van der Waals surface area (Å²) in [6.07, 6.45) is 0.957. The zero-order chi connectivity index (χ0) is 50.4. The van der Waals surface area contributed by atoms with E-state index in [0.717, 1.165) is 28.1 Å². The van der Waals surface area contributed by atoms with Gasteiger partial charge in [0.15, 0.2) is 0 Å². The number of carbonyl (C=O) groups excluding carboxylic acids is 4. The van der Waals surface area contributed by atoms with E-state index >= 15 is 4.39 Å². The zero-order valence-corrected chi connectivity index (χ0v) is 42.4. The normalized spacial score (nSPS) is 20.2. The molecular formula is C52H65ClFN7O7S. The molecule has 1 aromatic heterocycles. The fraction of sp³-hybridized carbons (Fsp3) is 0.500. The maximum atomic E-state index is 15.2. The molecule has 2 fully saturated rings. The number of aliphatic hydroxyl groups is 1. The number of halogens is 2. The van der Waals surface area contributed by atoms with E-state index in [4.69, 9.17) is 21.1 Å². The van der Waals surface area contributed by atoms with Crippen LogP contribution in [0.25, 0.3) is 10.4 Å². The lowest BCUT2D eigenvalue weighted by molar-refractivity contribution is -0.164. The molecule has 1 saturated carbocycles. The number of likely N-dealkylation sites (tertiary alicyclic amines) is 1. The number of aliphatic hydroxyl groups excluding tert-OH is 1. The van der Waals surface area contributed by atoms with E-state index < -0.39 is 58.0 Å². The van der Waals surface area contributed by atoms with Gasteiger partial charge in [-0.05, 0) is 80.0 Å². The Morgan fingerprint density at radius 3 is 2.35 bits per heavy atom. The summed E-state index contributed by atoms with van der Waals surface area (Å²) in [5.74, 6) is -1.74. The van der Waals surface area contributed by atoms with Gasteiger partial charge in [0, 0.05) is 54.6 Å². The Kier molecular flexibility index (Phi) is 16.8. The van der Waals surface area contributed by atoms with Gasteiger partial charge >= 0.3 is 0 Å². The summed E-state index contributed by atoms with van der Waals surface area (Å²) in [7, 11) is 0. The van der Waals surface area contributed by atoms with Gasteiger partial charge in [0.1, 0.15) is 42.4 Å². The van der Waals surface area contributed by atoms with E-state index in [1.54, 1.807) is 41.7 Å². The number of aromatic nitrogens is 1. The first-order valence-electron chi connectivity index (χ1n) is 23.4. The monoisotopic (exact) mass is 985 g/mol. The molecule has 6 rings (SSSR count). The molecule has 69 heavy (non-hydrogen) atoms. The number of benzene rings is 3. The minimum Gasteiger partial charge on any atom is -0.489 e. The first-order chi connectivity index (χ1) is 32.5. The number of hydrogen-bond acceptors (Lipinski definition) is 11. The number of β-amino-alcohol motifs (C(OH)–C–C–N with tert-alkyl or cyclic N) is 1. The topological polar surface area (TPSA) is 195 Å².